The molecule has 20 heavy (non-hydrogen) atoms. The van der Waals surface area contributed by atoms with Crippen LogP contribution >= 0.6 is 11.8 Å². The Hall–Kier alpha value is -1.03. The van der Waals surface area contributed by atoms with Gasteiger partial charge in [0.25, 0.3) is 0 Å². The van der Waals surface area contributed by atoms with E-state index in [1.165, 1.54) is 6.07 Å². The summed E-state index contributed by atoms with van der Waals surface area (Å²) in [4.78, 5) is 0.214. The second-order valence-electron chi connectivity index (χ2n) is 5.16. The van der Waals surface area contributed by atoms with Gasteiger partial charge in [-0.05, 0) is 24.1 Å². The molecule has 0 radical (unpaired) electrons. The molecule has 1 heterocycles. The Kier molecular flexibility index (Phi) is 4.74. The van der Waals surface area contributed by atoms with E-state index in [4.69, 9.17) is 5.26 Å². The molecule has 0 spiro atoms. The second-order valence-corrected chi connectivity index (χ2v) is 8.44. The number of hydrogen-bond donors (Lipinski definition) is 0. The number of hydrogen-bond acceptors (Lipinski definition) is 4. The van der Waals surface area contributed by atoms with Crippen molar-refractivity contribution in [2.75, 3.05) is 18.8 Å². The highest BCUT2D eigenvalue weighted by Gasteiger charge is 2.31. The Morgan fingerprint density at radius 3 is 2.85 bits per heavy atom. The molecule has 6 heteroatoms. The van der Waals surface area contributed by atoms with E-state index >= 15 is 0 Å². The molecule has 108 valence electrons. The fourth-order valence-corrected chi connectivity index (χ4v) is 5.17. The summed E-state index contributed by atoms with van der Waals surface area (Å²) < 4.78 is 26.8. The van der Waals surface area contributed by atoms with Gasteiger partial charge in [0.15, 0.2) is 0 Å². The summed E-state index contributed by atoms with van der Waals surface area (Å²) in [5, 5.41) is 9.22. The molecule has 0 saturated carbocycles. The summed E-state index contributed by atoms with van der Waals surface area (Å²) in [5.74, 6) is 1.27. The van der Waals surface area contributed by atoms with Crippen molar-refractivity contribution < 1.29 is 8.42 Å². The maximum atomic E-state index is 12.6. The van der Waals surface area contributed by atoms with Crippen molar-refractivity contribution in [1.82, 2.24) is 4.31 Å². The normalized spacial score (nSPS) is 20.8. The predicted molar refractivity (Wildman–Crippen MR) is 81.0 cm³/mol. The van der Waals surface area contributed by atoms with Gasteiger partial charge in [0.1, 0.15) is 0 Å². The fourth-order valence-electron chi connectivity index (χ4n) is 2.15. The maximum absolute atomic E-state index is 12.6. The van der Waals surface area contributed by atoms with Crippen molar-refractivity contribution in [3.05, 3.63) is 29.8 Å². The van der Waals surface area contributed by atoms with Gasteiger partial charge in [-0.1, -0.05) is 19.9 Å². The van der Waals surface area contributed by atoms with Gasteiger partial charge in [-0.2, -0.15) is 21.3 Å². The van der Waals surface area contributed by atoms with E-state index < -0.39 is 10.0 Å². The smallest absolute Gasteiger partial charge is 0.207 e. The molecule has 0 aliphatic carbocycles. The van der Waals surface area contributed by atoms with Crippen LogP contribution in [0.4, 0.5) is 0 Å². The number of benzene rings is 1. The van der Waals surface area contributed by atoms with Crippen molar-refractivity contribution in [2.24, 2.45) is 5.92 Å². The number of thioether (sulfide) groups is 1. The Balaban J connectivity index is 2.28. The minimum Gasteiger partial charge on any atom is -0.207 e. The summed E-state index contributed by atoms with van der Waals surface area (Å²) in [6.45, 7) is 5.31. The van der Waals surface area contributed by atoms with Crippen molar-refractivity contribution >= 4 is 21.8 Å². The molecule has 4 nitrogen and oxygen atoms in total. The van der Waals surface area contributed by atoms with Crippen LogP contribution in [0.3, 0.4) is 0 Å². The zero-order valence-corrected chi connectivity index (χ0v) is 13.2. The lowest BCUT2D eigenvalue weighted by atomic mass is 10.1. The zero-order chi connectivity index (χ0) is 14.8. The van der Waals surface area contributed by atoms with Crippen LogP contribution in [0.2, 0.25) is 0 Å². The highest BCUT2D eigenvalue weighted by Crippen LogP contribution is 2.28. The van der Waals surface area contributed by atoms with Crippen molar-refractivity contribution in [3.63, 3.8) is 0 Å². The molecule has 2 rings (SSSR count). The summed E-state index contributed by atoms with van der Waals surface area (Å²) in [6.07, 6.45) is 0. The molecule has 1 saturated heterocycles. The fraction of sp³-hybridized carbons (Fsp3) is 0.500. The molecule has 1 atom stereocenters. The maximum Gasteiger partial charge on any atom is 0.243 e. The zero-order valence-electron chi connectivity index (χ0n) is 11.6. The quantitative estimate of drug-likeness (QED) is 0.859. The average molecular weight is 310 g/mol. The molecule has 0 aromatic heterocycles. The van der Waals surface area contributed by atoms with Gasteiger partial charge in [-0.15, -0.1) is 0 Å². The standard InChI is InChI=1S/C14H18N2O2S2/c1-11(2)14-10-16(6-7-19-14)20(17,18)13-5-3-4-12(8-13)9-15/h3-5,8,11,14H,6-7,10H2,1-2H3/t14-/m1/s1. The molecule has 0 bridgehead atoms. The van der Waals surface area contributed by atoms with Crippen LogP contribution in [-0.4, -0.2) is 36.8 Å². The van der Waals surface area contributed by atoms with Gasteiger partial charge in [0, 0.05) is 24.1 Å². The Morgan fingerprint density at radius 1 is 1.45 bits per heavy atom. The van der Waals surface area contributed by atoms with Gasteiger partial charge in [0.2, 0.25) is 10.0 Å². The van der Waals surface area contributed by atoms with E-state index in [2.05, 4.69) is 13.8 Å². The first kappa shape index (κ1) is 15.4. The lowest BCUT2D eigenvalue weighted by molar-refractivity contribution is 0.391. The topological polar surface area (TPSA) is 61.2 Å². The third kappa shape index (κ3) is 3.17. The molecule has 0 unspecified atom stereocenters. The largest absolute Gasteiger partial charge is 0.243 e. The van der Waals surface area contributed by atoms with Crippen LogP contribution in [0.5, 0.6) is 0 Å². The van der Waals surface area contributed by atoms with Crippen LogP contribution in [0.25, 0.3) is 0 Å². The Bertz CT molecular complexity index is 620. The third-order valence-corrected chi connectivity index (χ3v) is 6.80. The van der Waals surface area contributed by atoms with Gasteiger partial charge in [-0.3, -0.25) is 0 Å². The monoisotopic (exact) mass is 310 g/mol. The highest BCUT2D eigenvalue weighted by molar-refractivity contribution is 8.00. The van der Waals surface area contributed by atoms with E-state index in [1.54, 1.807) is 22.5 Å². The van der Waals surface area contributed by atoms with Crippen LogP contribution in [0, 0.1) is 17.2 Å². The first-order valence-corrected chi connectivity index (χ1v) is 9.06. The molecular weight excluding hydrogens is 292 g/mol. The van der Waals surface area contributed by atoms with E-state index in [1.807, 2.05) is 17.8 Å². The number of nitriles is 1. The van der Waals surface area contributed by atoms with Gasteiger partial charge < -0.3 is 0 Å². The predicted octanol–water partition coefficient (Wildman–Crippen LogP) is 2.32. The summed E-state index contributed by atoms with van der Waals surface area (Å²) in [5.41, 5.74) is 0.373. The highest BCUT2D eigenvalue weighted by atomic mass is 32.2. The van der Waals surface area contributed by atoms with E-state index in [9.17, 15) is 8.42 Å². The molecule has 1 aliphatic heterocycles. The lowest BCUT2D eigenvalue weighted by Crippen LogP contribution is -2.43. The van der Waals surface area contributed by atoms with Crippen LogP contribution < -0.4 is 0 Å². The second kappa shape index (κ2) is 6.17. The first-order chi connectivity index (χ1) is 9.45. The number of nitrogens with zero attached hydrogens (tertiary/aromatic N) is 2. The van der Waals surface area contributed by atoms with Crippen LogP contribution in [-0.2, 0) is 10.0 Å². The first-order valence-electron chi connectivity index (χ1n) is 6.57. The molecule has 0 N–H and O–H groups in total. The number of rotatable bonds is 3. The minimum absolute atomic E-state index is 0.214. The number of sulfonamides is 1. The minimum atomic E-state index is -3.49. The Morgan fingerprint density at radius 2 is 2.20 bits per heavy atom. The molecule has 1 aromatic rings. The van der Waals surface area contributed by atoms with Crippen LogP contribution in [0.1, 0.15) is 19.4 Å². The van der Waals surface area contributed by atoms with Crippen LogP contribution in [0.15, 0.2) is 29.2 Å². The van der Waals surface area contributed by atoms with E-state index in [0.717, 1.165) is 5.75 Å². The van der Waals surface area contributed by atoms with Gasteiger partial charge in [-0.25, -0.2) is 8.42 Å². The molecule has 0 amide bonds. The van der Waals surface area contributed by atoms with E-state index in [-0.39, 0.29) is 4.90 Å². The SMILES string of the molecule is CC(C)[C@H]1CN(S(=O)(=O)c2cccc(C#N)c2)CCS1. The molecule has 1 aliphatic rings. The van der Waals surface area contributed by atoms with Crippen molar-refractivity contribution in [1.29, 1.82) is 5.26 Å². The average Bonchev–Trinajstić information content (AvgIpc) is 2.47. The molecule has 1 fully saturated rings. The third-order valence-electron chi connectivity index (χ3n) is 3.40. The Labute approximate surface area is 124 Å². The van der Waals surface area contributed by atoms with Crippen molar-refractivity contribution in [3.8, 4) is 6.07 Å². The summed E-state index contributed by atoms with van der Waals surface area (Å²) in [7, 11) is -3.49. The van der Waals surface area contributed by atoms with Gasteiger partial charge in [0.05, 0.1) is 16.5 Å². The van der Waals surface area contributed by atoms with Gasteiger partial charge >= 0.3 is 0 Å². The lowest BCUT2D eigenvalue weighted by Gasteiger charge is -2.33. The molecule has 1 aromatic carbocycles. The van der Waals surface area contributed by atoms with E-state index in [0.29, 0.717) is 29.8 Å². The molecular formula is C14H18N2O2S2. The summed E-state index contributed by atoms with van der Waals surface area (Å²) in [6, 6.07) is 8.21. The summed E-state index contributed by atoms with van der Waals surface area (Å²) >= 11 is 1.84. The van der Waals surface area contributed by atoms with Crippen molar-refractivity contribution in [2.45, 2.75) is 24.0 Å².